The van der Waals surface area contributed by atoms with E-state index in [1.807, 2.05) is 26.0 Å². The quantitative estimate of drug-likeness (QED) is 0.369. The maximum Gasteiger partial charge on any atom is 0.244 e. The second-order valence-electron chi connectivity index (χ2n) is 8.85. The van der Waals surface area contributed by atoms with E-state index >= 15 is 0 Å². The molecule has 0 aliphatic heterocycles. The standard InChI is InChI=1S/C26H35Cl2N3O4S/c1-6-8-14-29-26(33)23(7-2)30(16-20-21(27)10-9-11-22(20)28)25(32)17-31(36(5,34)35)24-15-18(3)12-13-19(24)4/h9-13,15,23H,6-8,14,16-17H2,1-5H3,(H,29,33)/t23-/m0/s1. The van der Waals surface area contributed by atoms with Crippen molar-refractivity contribution in [1.82, 2.24) is 10.2 Å². The molecule has 1 N–H and O–H groups in total. The predicted octanol–water partition coefficient (Wildman–Crippen LogP) is 5.10. The number of aryl methyl sites for hydroxylation is 2. The number of halogens is 2. The van der Waals surface area contributed by atoms with Crippen LogP contribution in [0, 0.1) is 13.8 Å². The van der Waals surface area contributed by atoms with Crippen LogP contribution >= 0.6 is 23.2 Å². The van der Waals surface area contributed by atoms with Crippen molar-refractivity contribution in [3.63, 3.8) is 0 Å². The van der Waals surface area contributed by atoms with Crippen LogP contribution in [-0.2, 0) is 26.2 Å². The van der Waals surface area contributed by atoms with Crippen molar-refractivity contribution in [1.29, 1.82) is 0 Å². The molecule has 0 unspecified atom stereocenters. The van der Waals surface area contributed by atoms with Crippen molar-refractivity contribution in [2.75, 3.05) is 23.7 Å². The number of amides is 2. The van der Waals surface area contributed by atoms with Gasteiger partial charge in [0.2, 0.25) is 21.8 Å². The Morgan fingerprint density at radius 3 is 2.25 bits per heavy atom. The van der Waals surface area contributed by atoms with Gasteiger partial charge in [0.25, 0.3) is 0 Å². The number of rotatable bonds is 12. The van der Waals surface area contributed by atoms with Gasteiger partial charge in [-0.05, 0) is 56.0 Å². The van der Waals surface area contributed by atoms with Gasteiger partial charge < -0.3 is 10.2 Å². The van der Waals surface area contributed by atoms with Crippen LogP contribution in [0.4, 0.5) is 5.69 Å². The number of anilines is 1. The number of benzene rings is 2. The van der Waals surface area contributed by atoms with E-state index in [1.54, 1.807) is 38.1 Å². The van der Waals surface area contributed by atoms with Gasteiger partial charge in [0.15, 0.2) is 0 Å². The maximum absolute atomic E-state index is 13.8. The Hall–Kier alpha value is -2.29. The summed E-state index contributed by atoms with van der Waals surface area (Å²) in [6, 6.07) is 9.60. The van der Waals surface area contributed by atoms with Crippen molar-refractivity contribution in [3.8, 4) is 0 Å². The van der Waals surface area contributed by atoms with Crippen LogP contribution in [0.2, 0.25) is 10.0 Å². The average Bonchev–Trinajstić information content (AvgIpc) is 2.80. The fourth-order valence-corrected chi connectivity index (χ4v) is 5.28. The first kappa shape index (κ1) is 29.9. The summed E-state index contributed by atoms with van der Waals surface area (Å²) >= 11 is 12.8. The van der Waals surface area contributed by atoms with Gasteiger partial charge in [-0.25, -0.2) is 8.42 Å². The number of carbonyl (C=O) groups excluding carboxylic acids is 2. The molecule has 7 nitrogen and oxygen atoms in total. The van der Waals surface area contributed by atoms with Gasteiger partial charge in [0, 0.05) is 28.7 Å². The Bertz CT molecular complexity index is 1170. The van der Waals surface area contributed by atoms with Gasteiger partial charge in [0.05, 0.1) is 11.9 Å². The Balaban J connectivity index is 2.51. The Morgan fingerprint density at radius 2 is 1.69 bits per heavy atom. The second kappa shape index (κ2) is 13.3. The largest absolute Gasteiger partial charge is 0.354 e. The van der Waals surface area contributed by atoms with Gasteiger partial charge in [0.1, 0.15) is 12.6 Å². The molecule has 0 saturated heterocycles. The summed E-state index contributed by atoms with van der Waals surface area (Å²) in [6.45, 7) is 7.44. The summed E-state index contributed by atoms with van der Waals surface area (Å²) in [6.07, 6.45) is 3.11. The molecule has 0 spiro atoms. The first-order valence-corrected chi connectivity index (χ1v) is 14.6. The van der Waals surface area contributed by atoms with Crippen LogP contribution < -0.4 is 9.62 Å². The SMILES string of the molecule is CCCCNC(=O)[C@H](CC)N(Cc1c(Cl)cccc1Cl)C(=O)CN(c1cc(C)ccc1C)S(C)(=O)=O. The molecule has 2 aromatic rings. The lowest BCUT2D eigenvalue weighted by molar-refractivity contribution is -0.140. The van der Waals surface area contributed by atoms with Crippen LogP contribution in [0.5, 0.6) is 0 Å². The zero-order chi connectivity index (χ0) is 27.0. The van der Waals surface area contributed by atoms with Gasteiger partial charge >= 0.3 is 0 Å². The molecule has 0 aliphatic rings. The monoisotopic (exact) mass is 555 g/mol. The number of unbranched alkanes of at least 4 members (excludes halogenated alkanes) is 1. The Labute approximate surface area is 224 Å². The highest BCUT2D eigenvalue weighted by atomic mass is 35.5. The summed E-state index contributed by atoms with van der Waals surface area (Å²) in [4.78, 5) is 28.3. The molecule has 2 aromatic carbocycles. The van der Waals surface area contributed by atoms with Crippen LogP contribution in [-0.4, -0.2) is 50.5 Å². The van der Waals surface area contributed by atoms with Crippen molar-refractivity contribution in [2.24, 2.45) is 0 Å². The van der Waals surface area contributed by atoms with Crippen LogP contribution in [0.15, 0.2) is 36.4 Å². The van der Waals surface area contributed by atoms with E-state index in [0.717, 1.165) is 29.0 Å². The fourth-order valence-electron chi connectivity index (χ4n) is 3.86. The van der Waals surface area contributed by atoms with E-state index in [2.05, 4.69) is 5.32 Å². The molecule has 1 atom stereocenters. The van der Waals surface area contributed by atoms with Crippen molar-refractivity contribution < 1.29 is 18.0 Å². The van der Waals surface area contributed by atoms with Gasteiger partial charge in [-0.15, -0.1) is 0 Å². The minimum Gasteiger partial charge on any atom is -0.354 e. The van der Waals surface area contributed by atoms with Gasteiger partial charge in [-0.2, -0.15) is 0 Å². The van der Waals surface area contributed by atoms with Gasteiger partial charge in [-0.3, -0.25) is 13.9 Å². The molecule has 0 aliphatic carbocycles. The van der Waals surface area contributed by atoms with Crippen LogP contribution in [0.1, 0.15) is 49.8 Å². The molecule has 198 valence electrons. The lowest BCUT2D eigenvalue weighted by Gasteiger charge is -2.33. The summed E-state index contributed by atoms with van der Waals surface area (Å²) in [5.41, 5.74) is 2.48. The van der Waals surface area contributed by atoms with Crippen LogP contribution in [0.25, 0.3) is 0 Å². The first-order valence-electron chi connectivity index (χ1n) is 12.0. The number of nitrogens with zero attached hydrogens (tertiary/aromatic N) is 2. The van der Waals surface area contributed by atoms with Crippen LogP contribution in [0.3, 0.4) is 0 Å². The molecule has 0 saturated carbocycles. The van der Waals surface area contributed by atoms with E-state index in [0.29, 0.717) is 39.8 Å². The van der Waals surface area contributed by atoms with Crippen molar-refractivity contribution in [2.45, 2.75) is 59.5 Å². The molecule has 2 rings (SSSR count). The lowest BCUT2D eigenvalue weighted by atomic mass is 10.1. The third-order valence-electron chi connectivity index (χ3n) is 5.92. The normalized spacial score (nSPS) is 12.2. The zero-order valence-corrected chi connectivity index (χ0v) is 23.8. The summed E-state index contributed by atoms with van der Waals surface area (Å²) in [7, 11) is -3.81. The van der Waals surface area contributed by atoms with E-state index in [-0.39, 0.29) is 12.5 Å². The fraction of sp³-hybridized carbons (Fsp3) is 0.462. The van der Waals surface area contributed by atoms with Gasteiger partial charge in [-0.1, -0.05) is 61.7 Å². The number of carbonyl (C=O) groups is 2. The minimum atomic E-state index is -3.81. The number of hydrogen-bond acceptors (Lipinski definition) is 4. The number of nitrogens with one attached hydrogen (secondary N) is 1. The topological polar surface area (TPSA) is 86.8 Å². The first-order chi connectivity index (χ1) is 16.9. The van der Waals surface area contributed by atoms with E-state index in [4.69, 9.17) is 23.2 Å². The number of hydrogen-bond donors (Lipinski definition) is 1. The molecule has 0 heterocycles. The molecule has 0 bridgehead atoms. The van der Waals surface area contributed by atoms with Crippen molar-refractivity contribution >= 4 is 50.7 Å². The lowest BCUT2D eigenvalue weighted by Crippen LogP contribution is -2.52. The third-order valence-corrected chi connectivity index (χ3v) is 7.75. The smallest absolute Gasteiger partial charge is 0.244 e. The highest BCUT2D eigenvalue weighted by molar-refractivity contribution is 7.92. The molecule has 10 heteroatoms. The summed E-state index contributed by atoms with van der Waals surface area (Å²) in [5, 5.41) is 3.60. The highest BCUT2D eigenvalue weighted by Gasteiger charge is 2.32. The average molecular weight is 557 g/mol. The highest BCUT2D eigenvalue weighted by Crippen LogP contribution is 2.28. The molecule has 36 heavy (non-hydrogen) atoms. The molecule has 0 fully saturated rings. The third kappa shape index (κ3) is 7.85. The molecule has 0 aromatic heterocycles. The molecular formula is C26H35Cl2N3O4S. The maximum atomic E-state index is 13.8. The van der Waals surface area contributed by atoms with E-state index in [9.17, 15) is 18.0 Å². The number of sulfonamides is 1. The van der Waals surface area contributed by atoms with E-state index in [1.165, 1.54) is 4.90 Å². The summed E-state index contributed by atoms with van der Waals surface area (Å²) in [5.74, 6) is -0.838. The predicted molar refractivity (Wildman–Crippen MR) is 147 cm³/mol. The second-order valence-corrected chi connectivity index (χ2v) is 11.6. The van der Waals surface area contributed by atoms with Crippen molar-refractivity contribution in [3.05, 3.63) is 63.1 Å². The zero-order valence-electron chi connectivity index (χ0n) is 21.5. The Morgan fingerprint density at radius 1 is 1.06 bits per heavy atom. The molecule has 2 amide bonds. The Kier molecular flexibility index (Phi) is 11.1. The minimum absolute atomic E-state index is 0.0402. The molecule has 0 radical (unpaired) electrons. The summed E-state index contributed by atoms with van der Waals surface area (Å²) < 4.78 is 26.7. The van der Waals surface area contributed by atoms with E-state index < -0.39 is 28.5 Å². The molecular weight excluding hydrogens is 521 g/mol.